The molecule has 0 bridgehead atoms. The number of nitrogens with zero attached hydrogens (tertiary/aromatic N) is 3. The number of hydrogen-bond acceptors (Lipinski definition) is 6. The predicted octanol–water partition coefficient (Wildman–Crippen LogP) is 1.38. The van der Waals surface area contributed by atoms with Gasteiger partial charge in [-0.2, -0.15) is 0 Å². The first-order chi connectivity index (χ1) is 10.8. The third-order valence-electron chi connectivity index (χ3n) is 3.49. The van der Waals surface area contributed by atoms with E-state index in [4.69, 9.17) is 19.1 Å². The molecule has 0 unspecified atom stereocenters. The van der Waals surface area contributed by atoms with E-state index >= 15 is 0 Å². The van der Waals surface area contributed by atoms with Gasteiger partial charge in [0.25, 0.3) is 6.47 Å². The summed E-state index contributed by atoms with van der Waals surface area (Å²) in [5.74, 6) is 1.72. The van der Waals surface area contributed by atoms with E-state index in [1.165, 1.54) is 0 Å². The number of furan rings is 1. The van der Waals surface area contributed by atoms with Crippen LogP contribution in [0.5, 0.6) is 5.88 Å². The molecule has 0 aromatic carbocycles. The molecule has 0 fully saturated rings. The van der Waals surface area contributed by atoms with Crippen molar-refractivity contribution in [2.45, 2.75) is 19.4 Å². The molecule has 118 valence electrons. The Balaban J connectivity index is 0.000000545. The Labute approximate surface area is 128 Å². The van der Waals surface area contributed by atoms with Crippen LogP contribution in [0.25, 0.3) is 0 Å². The van der Waals surface area contributed by atoms with Crippen molar-refractivity contribution in [3.05, 3.63) is 41.7 Å². The molecule has 0 aliphatic carbocycles. The van der Waals surface area contributed by atoms with Gasteiger partial charge in [-0.1, -0.05) is 0 Å². The van der Waals surface area contributed by atoms with Crippen molar-refractivity contribution in [1.29, 1.82) is 0 Å². The van der Waals surface area contributed by atoms with Gasteiger partial charge >= 0.3 is 0 Å². The monoisotopic (exact) mass is 305 g/mol. The lowest BCUT2D eigenvalue weighted by Gasteiger charge is -2.17. The molecule has 3 rings (SSSR count). The van der Waals surface area contributed by atoms with Crippen LogP contribution >= 0.6 is 0 Å². The number of rotatable bonds is 3. The highest BCUT2D eigenvalue weighted by Crippen LogP contribution is 2.22. The number of methoxy groups -OCH3 is 1. The Hall–Kier alpha value is -2.41. The Morgan fingerprint density at radius 2 is 2.18 bits per heavy atom. The van der Waals surface area contributed by atoms with Gasteiger partial charge in [0.05, 0.1) is 25.6 Å². The van der Waals surface area contributed by atoms with Gasteiger partial charge in [-0.3, -0.25) is 9.69 Å². The summed E-state index contributed by atoms with van der Waals surface area (Å²) in [6.45, 7) is 2.54. The molecular formula is C15H19N3O4. The van der Waals surface area contributed by atoms with E-state index in [0.717, 1.165) is 49.5 Å². The van der Waals surface area contributed by atoms with Crippen molar-refractivity contribution >= 4 is 6.47 Å². The van der Waals surface area contributed by atoms with Crippen molar-refractivity contribution < 1.29 is 19.1 Å². The van der Waals surface area contributed by atoms with E-state index in [1.807, 2.05) is 12.1 Å². The van der Waals surface area contributed by atoms with E-state index in [1.54, 1.807) is 19.7 Å². The van der Waals surface area contributed by atoms with Gasteiger partial charge in [0.2, 0.25) is 5.88 Å². The fourth-order valence-electron chi connectivity index (χ4n) is 2.50. The molecule has 0 radical (unpaired) electrons. The SMILES string of the molecule is COc1ncnc2c1CCN(Cc1ccco1)CC2.O=CO. The molecule has 7 nitrogen and oxygen atoms in total. The van der Waals surface area contributed by atoms with Gasteiger partial charge in [-0.15, -0.1) is 0 Å². The van der Waals surface area contributed by atoms with Gasteiger partial charge in [0.15, 0.2) is 0 Å². The molecule has 2 aromatic heterocycles. The molecule has 1 aliphatic rings. The summed E-state index contributed by atoms with van der Waals surface area (Å²) < 4.78 is 10.7. The van der Waals surface area contributed by atoms with Crippen LogP contribution in [0.1, 0.15) is 17.0 Å². The zero-order valence-electron chi connectivity index (χ0n) is 12.4. The molecule has 0 atom stereocenters. The summed E-state index contributed by atoms with van der Waals surface area (Å²) in [5.41, 5.74) is 2.25. The maximum atomic E-state index is 8.36. The standard InChI is InChI=1S/C14H17N3O2.CH2O2/c1-18-14-12-4-6-17(9-11-3-2-8-19-11)7-5-13(12)15-10-16-14;2-1-3/h2-3,8,10H,4-7,9H2,1H3;1H,(H,2,3). The van der Waals surface area contributed by atoms with E-state index in [2.05, 4.69) is 14.9 Å². The molecule has 0 spiro atoms. The minimum atomic E-state index is -0.250. The molecule has 1 N–H and O–H groups in total. The topological polar surface area (TPSA) is 88.7 Å². The minimum absolute atomic E-state index is 0.250. The molecular weight excluding hydrogens is 286 g/mol. The van der Waals surface area contributed by atoms with Crippen LogP contribution in [0, 0.1) is 0 Å². The fraction of sp³-hybridized carbons (Fsp3) is 0.400. The average molecular weight is 305 g/mol. The first-order valence-electron chi connectivity index (χ1n) is 6.97. The molecule has 0 saturated heterocycles. The Morgan fingerprint density at radius 3 is 2.86 bits per heavy atom. The van der Waals surface area contributed by atoms with E-state index in [-0.39, 0.29) is 6.47 Å². The minimum Gasteiger partial charge on any atom is -0.483 e. The van der Waals surface area contributed by atoms with Crippen molar-refractivity contribution in [3.63, 3.8) is 0 Å². The van der Waals surface area contributed by atoms with E-state index < -0.39 is 0 Å². The Morgan fingerprint density at radius 1 is 1.41 bits per heavy atom. The highest BCUT2D eigenvalue weighted by atomic mass is 16.5. The van der Waals surface area contributed by atoms with Gasteiger partial charge in [0, 0.05) is 25.1 Å². The molecule has 2 aromatic rings. The lowest BCUT2D eigenvalue weighted by molar-refractivity contribution is -0.122. The quantitative estimate of drug-likeness (QED) is 0.857. The Kier molecular flexibility index (Phi) is 5.91. The second kappa shape index (κ2) is 8.14. The second-order valence-electron chi connectivity index (χ2n) is 4.77. The van der Waals surface area contributed by atoms with Crippen LogP contribution in [0.15, 0.2) is 29.1 Å². The smallest absolute Gasteiger partial charge is 0.290 e. The number of hydrogen-bond donors (Lipinski definition) is 1. The first-order valence-corrected chi connectivity index (χ1v) is 6.97. The summed E-state index contributed by atoms with van der Waals surface area (Å²) in [6.07, 6.45) is 5.14. The second-order valence-corrected chi connectivity index (χ2v) is 4.77. The Bertz CT molecular complexity index is 586. The molecule has 22 heavy (non-hydrogen) atoms. The number of aromatic nitrogens is 2. The summed E-state index contributed by atoms with van der Waals surface area (Å²) in [5, 5.41) is 6.89. The summed E-state index contributed by atoms with van der Waals surface area (Å²) in [7, 11) is 1.66. The maximum absolute atomic E-state index is 8.36. The van der Waals surface area contributed by atoms with Gasteiger partial charge in [-0.05, 0) is 18.6 Å². The lowest BCUT2D eigenvalue weighted by Crippen LogP contribution is -2.25. The number of fused-ring (bicyclic) bond motifs is 1. The fourth-order valence-corrected chi connectivity index (χ4v) is 2.50. The van der Waals surface area contributed by atoms with Crippen LogP contribution in [0.3, 0.4) is 0 Å². The summed E-state index contributed by atoms with van der Waals surface area (Å²) >= 11 is 0. The van der Waals surface area contributed by atoms with Crippen molar-refractivity contribution in [2.24, 2.45) is 0 Å². The number of ether oxygens (including phenoxy) is 1. The summed E-state index contributed by atoms with van der Waals surface area (Å²) in [4.78, 5) is 19.3. The van der Waals surface area contributed by atoms with Gasteiger partial charge in [0.1, 0.15) is 12.1 Å². The molecule has 1 aliphatic heterocycles. The van der Waals surface area contributed by atoms with Crippen LogP contribution in [-0.2, 0) is 24.2 Å². The van der Waals surface area contributed by atoms with Crippen molar-refractivity contribution in [2.75, 3.05) is 20.2 Å². The third kappa shape index (κ3) is 4.05. The number of carbonyl (C=O) groups is 1. The van der Waals surface area contributed by atoms with Crippen LogP contribution in [0.4, 0.5) is 0 Å². The highest BCUT2D eigenvalue weighted by molar-refractivity contribution is 5.32. The van der Waals surface area contributed by atoms with Crippen LogP contribution in [0.2, 0.25) is 0 Å². The molecule has 0 saturated carbocycles. The lowest BCUT2D eigenvalue weighted by atomic mass is 10.1. The van der Waals surface area contributed by atoms with Crippen molar-refractivity contribution in [1.82, 2.24) is 14.9 Å². The molecule has 3 heterocycles. The highest BCUT2D eigenvalue weighted by Gasteiger charge is 2.19. The average Bonchev–Trinajstić information content (AvgIpc) is 2.95. The van der Waals surface area contributed by atoms with E-state index in [0.29, 0.717) is 5.88 Å². The van der Waals surface area contributed by atoms with Crippen molar-refractivity contribution in [3.8, 4) is 5.88 Å². The zero-order chi connectivity index (χ0) is 15.8. The predicted molar refractivity (Wildman–Crippen MR) is 78.7 cm³/mol. The molecule has 7 heteroatoms. The maximum Gasteiger partial charge on any atom is 0.290 e. The molecule has 0 amide bonds. The largest absolute Gasteiger partial charge is 0.483 e. The third-order valence-corrected chi connectivity index (χ3v) is 3.49. The van der Waals surface area contributed by atoms with Gasteiger partial charge < -0.3 is 14.3 Å². The van der Waals surface area contributed by atoms with Gasteiger partial charge in [-0.25, -0.2) is 9.97 Å². The number of carboxylic acid groups (broad SMARTS) is 1. The first kappa shape index (κ1) is 16.0. The van der Waals surface area contributed by atoms with Crippen LogP contribution < -0.4 is 4.74 Å². The summed E-state index contributed by atoms with van der Waals surface area (Å²) in [6, 6.07) is 3.94. The van der Waals surface area contributed by atoms with E-state index in [9.17, 15) is 0 Å². The zero-order valence-corrected chi connectivity index (χ0v) is 12.4. The normalized spacial score (nSPS) is 14.2. The van der Waals surface area contributed by atoms with Crippen LogP contribution in [-0.4, -0.2) is 46.6 Å².